The van der Waals surface area contributed by atoms with Crippen molar-refractivity contribution in [3.63, 3.8) is 0 Å². The molecule has 0 unspecified atom stereocenters. The molecule has 0 heterocycles. The van der Waals surface area contributed by atoms with E-state index in [1.807, 2.05) is 0 Å². The molecule has 0 aromatic heterocycles. The molecule has 0 amide bonds. The van der Waals surface area contributed by atoms with Crippen LogP contribution in [0.15, 0.2) is 60.2 Å². The lowest BCUT2D eigenvalue weighted by molar-refractivity contribution is -0.112. The number of rotatable bonds is 3. The number of hydrogen-bond donors (Lipinski definition) is 1. The molecule has 22 heavy (non-hydrogen) atoms. The second-order valence-electron chi connectivity index (χ2n) is 5.00. The number of aliphatic hydroxyl groups excluding tert-OH is 1. The molecule has 0 saturated carbocycles. The molecule has 0 bridgehead atoms. The number of ketones is 3. The summed E-state index contributed by atoms with van der Waals surface area (Å²) in [6.45, 7) is 0. The smallest absolute Gasteiger partial charge is 0.234 e. The van der Waals surface area contributed by atoms with E-state index in [4.69, 9.17) is 0 Å². The number of aliphatic hydroxyl groups is 1. The van der Waals surface area contributed by atoms with Gasteiger partial charge >= 0.3 is 0 Å². The number of allylic oxidation sites excluding steroid dienone is 1. The molecular weight excluding hydrogens is 280 g/mol. The molecule has 0 fully saturated rings. The van der Waals surface area contributed by atoms with Gasteiger partial charge in [-0.2, -0.15) is 0 Å². The number of fused-ring (bicyclic) bond motifs is 1. The third-order valence-corrected chi connectivity index (χ3v) is 3.63. The maximum atomic E-state index is 12.2. The van der Waals surface area contributed by atoms with Crippen LogP contribution < -0.4 is 0 Å². The topological polar surface area (TPSA) is 71.4 Å². The second-order valence-corrected chi connectivity index (χ2v) is 5.00. The van der Waals surface area contributed by atoms with E-state index in [0.717, 1.165) is 0 Å². The number of Topliss-reactive ketones (excluding diaryl/α,β-unsaturated/α-hetero) is 3. The summed E-state index contributed by atoms with van der Waals surface area (Å²) >= 11 is 0. The minimum Gasteiger partial charge on any atom is -0.507 e. The number of benzene rings is 2. The van der Waals surface area contributed by atoms with Gasteiger partial charge in [0.1, 0.15) is 5.76 Å². The van der Waals surface area contributed by atoms with Gasteiger partial charge in [-0.25, -0.2) is 0 Å². The summed E-state index contributed by atoms with van der Waals surface area (Å²) in [4.78, 5) is 36.4. The summed E-state index contributed by atoms with van der Waals surface area (Å²) in [6.07, 6.45) is -0.297. The van der Waals surface area contributed by atoms with E-state index in [0.29, 0.717) is 11.1 Å². The average molecular weight is 292 g/mol. The van der Waals surface area contributed by atoms with E-state index >= 15 is 0 Å². The van der Waals surface area contributed by atoms with Crippen molar-refractivity contribution in [3.8, 4) is 0 Å². The first-order valence-corrected chi connectivity index (χ1v) is 6.78. The van der Waals surface area contributed by atoms with Gasteiger partial charge in [-0.05, 0) is 0 Å². The zero-order valence-electron chi connectivity index (χ0n) is 11.6. The van der Waals surface area contributed by atoms with Crippen LogP contribution >= 0.6 is 0 Å². The van der Waals surface area contributed by atoms with Crippen LogP contribution in [0.3, 0.4) is 0 Å². The lowest BCUT2D eigenvalue weighted by Crippen LogP contribution is -2.25. The van der Waals surface area contributed by atoms with Crippen LogP contribution in [-0.4, -0.2) is 22.5 Å². The van der Waals surface area contributed by atoms with E-state index in [2.05, 4.69) is 0 Å². The van der Waals surface area contributed by atoms with Crippen LogP contribution in [-0.2, 0) is 4.79 Å². The van der Waals surface area contributed by atoms with E-state index < -0.39 is 11.6 Å². The van der Waals surface area contributed by atoms with Crippen molar-refractivity contribution < 1.29 is 19.5 Å². The van der Waals surface area contributed by atoms with Crippen LogP contribution in [0.25, 0.3) is 5.76 Å². The number of carbonyl (C=O) groups is 3. The van der Waals surface area contributed by atoms with Crippen molar-refractivity contribution >= 4 is 23.1 Å². The lowest BCUT2D eigenvalue weighted by atomic mass is 9.85. The molecule has 2 aromatic carbocycles. The molecule has 2 aromatic rings. The Morgan fingerprint density at radius 1 is 0.818 bits per heavy atom. The van der Waals surface area contributed by atoms with E-state index in [1.165, 1.54) is 6.07 Å². The predicted octanol–water partition coefficient (Wildman–Crippen LogP) is 2.99. The number of carbonyl (C=O) groups excluding carboxylic acids is 3. The zero-order chi connectivity index (χ0) is 15.7. The Morgan fingerprint density at radius 3 is 2.09 bits per heavy atom. The molecule has 1 aliphatic carbocycles. The highest BCUT2D eigenvalue weighted by atomic mass is 16.3. The van der Waals surface area contributed by atoms with Gasteiger partial charge in [0.25, 0.3) is 0 Å². The third-order valence-electron chi connectivity index (χ3n) is 3.63. The molecule has 4 heteroatoms. The Hall–Kier alpha value is -3.01. The Labute approximate surface area is 126 Å². The molecule has 0 spiro atoms. The monoisotopic (exact) mass is 292 g/mol. The molecule has 1 N–H and O–H groups in total. The Morgan fingerprint density at radius 2 is 1.41 bits per heavy atom. The van der Waals surface area contributed by atoms with Gasteiger partial charge in [0.15, 0.2) is 5.78 Å². The fourth-order valence-corrected chi connectivity index (χ4v) is 2.47. The first-order chi connectivity index (χ1) is 10.6. The Bertz CT molecular complexity index is 816. The zero-order valence-corrected chi connectivity index (χ0v) is 11.6. The van der Waals surface area contributed by atoms with Crippen molar-refractivity contribution in [1.29, 1.82) is 0 Å². The van der Waals surface area contributed by atoms with Crippen molar-refractivity contribution in [2.45, 2.75) is 6.42 Å². The molecule has 0 saturated heterocycles. The molecule has 0 radical (unpaired) electrons. The molecule has 0 aliphatic heterocycles. The van der Waals surface area contributed by atoms with Crippen LogP contribution in [0, 0.1) is 0 Å². The summed E-state index contributed by atoms with van der Waals surface area (Å²) in [7, 11) is 0. The van der Waals surface area contributed by atoms with Crippen molar-refractivity contribution in [3.05, 3.63) is 76.9 Å². The predicted molar refractivity (Wildman–Crippen MR) is 80.7 cm³/mol. The first-order valence-electron chi connectivity index (χ1n) is 6.78. The fourth-order valence-electron chi connectivity index (χ4n) is 2.47. The summed E-state index contributed by atoms with van der Waals surface area (Å²) in [5.74, 6) is -2.11. The first kappa shape index (κ1) is 13.9. The molecule has 0 atom stereocenters. The van der Waals surface area contributed by atoms with Crippen LogP contribution in [0.2, 0.25) is 0 Å². The van der Waals surface area contributed by atoms with Crippen molar-refractivity contribution in [2.24, 2.45) is 0 Å². The summed E-state index contributed by atoms with van der Waals surface area (Å²) in [5, 5.41) is 10.3. The van der Waals surface area contributed by atoms with Gasteiger partial charge in [-0.3, -0.25) is 14.4 Å². The lowest BCUT2D eigenvalue weighted by Gasteiger charge is -2.17. The highest BCUT2D eigenvalue weighted by molar-refractivity contribution is 6.52. The summed E-state index contributed by atoms with van der Waals surface area (Å²) in [6, 6.07) is 14.8. The van der Waals surface area contributed by atoms with E-state index in [1.54, 1.807) is 48.5 Å². The van der Waals surface area contributed by atoms with Gasteiger partial charge in [0, 0.05) is 23.1 Å². The SMILES string of the molecule is O=C1C(=O)c2ccccc2C(O)=C1CC(=O)c1ccccc1. The second kappa shape index (κ2) is 5.41. The summed E-state index contributed by atoms with van der Waals surface area (Å²) in [5.41, 5.74) is 0.753. The van der Waals surface area contributed by atoms with Crippen molar-refractivity contribution in [1.82, 2.24) is 0 Å². The molecular formula is C18H12O4. The summed E-state index contributed by atoms with van der Waals surface area (Å²) < 4.78 is 0. The normalized spacial score (nSPS) is 14.0. The standard InChI is InChI=1S/C18H12O4/c19-15(11-6-2-1-3-7-11)10-14-16(20)12-8-4-5-9-13(12)17(21)18(14)22/h1-9,20H,10H2. The quantitative estimate of drug-likeness (QED) is 0.697. The molecule has 1 aliphatic rings. The van der Waals surface area contributed by atoms with Gasteiger partial charge in [-0.1, -0.05) is 54.6 Å². The van der Waals surface area contributed by atoms with E-state index in [-0.39, 0.29) is 29.1 Å². The van der Waals surface area contributed by atoms with Crippen LogP contribution in [0.1, 0.15) is 32.7 Å². The number of hydrogen-bond acceptors (Lipinski definition) is 4. The van der Waals surface area contributed by atoms with Gasteiger partial charge in [0.2, 0.25) is 11.6 Å². The minimum atomic E-state index is -0.819. The van der Waals surface area contributed by atoms with E-state index in [9.17, 15) is 19.5 Å². The molecule has 4 nitrogen and oxygen atoms in total. The van der Waals surface area contributed by atoms with Gasteiger partial charge in [-0.15, -0.1) is 0 Å². The largest absolute Gasteiger partial charge is 0.507 e. The minimum absolute atomic E-state index is 0.141. The maximum Gasteiger partial charge on any atom is 0.234 e. The fraction of sp³-hybridized carbons (Fsp3) is 0.0556. The average Bonchev–Trinajstić information content (AvgIpc) is 2.57. The Kier molecular flexibility index (Phi) is 3.43. The van der Waals surface area contributed by atoms with Gasteiger partial charge < -0.3 is 5.11 Å². The third kappa shape index (κ3) is 2.24. The molecule has 108 valence electrons. The van der Waals surface area contributed by atoms with Gasteiger partial charge in [0.05, 0.1) is 5.57 Å². The highest BCUT2D eigenvalue weighted by Gasteiger charge is 2.33. The highest BCUT2D eigenvalue weighted by Crippen LogP contribution is 2.29. The van der Waals surface area contributed by atoms with Crippen LogP contribution in [0.4, 0.5) is 0 Å². The van der Waals surface area contributed by atoms with Crippen molar-refractivity contribution in [2.75, 3.05) is 0 Å². The maximum absolute atomic E-state index is 12.2. The molecule has 3 rings (SSSR count). The Balaban J connectivity index is 2.01. The van der Waals surface area contributed by atoms with Crippen LogP contribution in [0.5, 0.6) is 0 Å².